The molecule has 6 nitrogen and oxygen atoms in total. The van der Waals surface area contributed by atoms with Crippen molar-refractivity contribution in [1.82, 2.24) is 15.2 Å². The summed E-state index contributed by atoms with van der Waals surface area (Å²) in [6.45, 7) is 7.41. The molecule has 2 amide bonds. The van der Waals surface area contributed by atoms with Crippen LogP contribution in [0.25, 0.3) is 10.8 Å². The highest BCUT2D eigenvalue weighted by Gasteiger charge is 2.28. The minimum absolute atomic E-state index is 0.179. The Labute approximate surface area is 159 Å². The van der Waals surface area contributed by atoms with Crippen molar-refractivity contribution in [3.63, 3.8) is 0 Å². The molecule has 0 saturated carbocycles. The van der Waals surface area contributed by atoms with Gasteiger partial charge in [0, 0.05) is 31.2 Å². The maximum atomic E-state index is 12.6. The summed E-state index contributed by atoms with van der Waals surface area (Å²) in [6.07, 6.45) is 3.26. The highest BCUT2D eigenvalue weighted by Crippen LogP contribution is 2.20. The second-order valence-electron chi connectivity index (χ2n) is 8.03. The largest absolute Gasteiger partial charge is 0.444 e. The third-order valence-corrected chi connectivity index (χ3v) is 4.61. The van der Waals surface area contributed by atoms with Crippen molar-refractivity contribution in [2.24, 2.45) is 5.92 Å². The summed E-state index contributed by atoms with van der Waals surface area (Å²) in [6, 6.07) is 9.61. The number of amides is 2. The molecule has 0 spiro atoms. The summed E-state index contributed by atoms with van der Waals surface area (Å²) in [4.78, 5) is 30.9. The molecule has 0 radical (unpaired) electrons. The number of nitrogens with one attached hydrogen (secondary N) is 1. The lowest BCUT2D eigenvalue weighted by Gasteiger charge is -2.34. The topological polar surface area (TPSA) is 71.5 Å². The van der Waals surface area contributed by atoms with Crippen molar-refractivity contribution in [3.05, 3.63) is 42.2 Å². The highest BCUT2D eigenvalue weighted by atomic mass is 16.6. The standard InChI is InChI=1S/C21H27N3O3/c1-21(2,3)27-20(26)24-12-6-7-15(14-24)13-23-19(25)18-17-9-5-4-8-16(17)10-11-22-18/h4-5,8-11,15H,6-7,12-14H2,1-3H3,(H,23,25). The van der Waals surface area contributed by atoms with Gasteiger partial charge in [0.2, 0.25) is 0 Å². The smallest absolute Gasteiger partial charge is 0.410 e. The molecule has 1 N–H and O–H groups in total. The molecule has 1 unspecified atom stereocenters. The summed E-state index contributed by atoms with van der Waals surface area (Å²) in [5.41, 5.74) is -0.0638. The van der Waals surface area contributed by atoms with E-state index in [1.54, 1.807) is 11.1 Å². The number of nitrogens with zero attached hydrogens (tertiary/aromatic N) is 2. The van der Waals surface area contributed by atoms with Crippen LogP contribution in [0.4, 0.5) is 4.79 Å². The monoisotopic (exact) mass is 369 g/mol. The molecular weight excluding hydrogens is 342 g/mol. The number of hydrogen-bond donors (Lipinski definition) is 1. The molecule has 0 bridgehead atoms. The van der Waals surface area contributed by atoms with Crippen LogP contribution in [0, 0.1) is 5.92 Å². The molecule has 1 saturated heterocycles. The summed E-state index contributed by atoms with van der Waals surface area (Å²) >= 11 is 0. The number of aromatic nitrogens is 1. The molecule has 1 fully saturated rings. The first-order chi connectivity index (χ1) is 12.8. The van der Waals surface area contributed by atoms with E-state index >= 15 is 0 Å². The van der Waals surface area contributed by atoms with Gasteiger partial charge in [-0.15, -0.1) is 0 Å². The van der Waals surface area contributed by atoms with Crippen LogP contribution in [-0.4, -0.2) is 47.1 Å². The molecule has 1 aliphatic heterocycles. The number of pyridine rings is 1. The normalized spacial score (nSPS) is 17.6. The van der Waals surface area contributed by atoms with E-state index in [1.807, 2.05) is 51.1 Å². The highest BCUT2D eigenvalue weighted by molar-refractivity contribution is 6.05. The van der Waals surface area contributed by atoms with Gasteiger partial charge in [-0.05, 0) is 51.0 Å². The average molecular weight is 369 g/mol. The van der Waals surface area contributed by atoms with Gasteiger partial charge in [0.1, 0.15) is 11.3 Å². The second-order valence-corrected chi connectivity index (χ2v) is 8.03. The number of carbonyl (C=O) groups excluding carboxylic acids is 2. The van der Waals surface area contributed by atoms with Gasteiger partial charge in [0.05, 0.1) is 0 Å². The van der Waals surface area contributed by atoms with Crippen molar-refractivity contribution in [2.75, 3.05) is 19.6 Å². The molecule has 1 aromatic heterocycles. The Balaban J connectivity index is 1.59. The van der Waals surface area contributed by atoms with E-state index in [0.717, 1.165) is 23.6 Å². The van der Waals surface area contributed by atoms with Gasteiger partial charge in [-0.2, -0.15) is 0 Å². The maximum Gasteiger partial charge on any atom is 0.410 e. The Morgan fingerprint density at radius 1 is 1.26 bits per heavy atom. The molecule has 1 atom stereocenters. The number of benzene rings is 1. The fourth-order valence-electron chi connectivity index (χ4n) is 3.35. The van der Waals surface area contributed by atoms with Crippen molar-refractivity contribution >= 4 is 22.8 Å². The third kappa shape index (κ3) is 4.96. The van der Waals surface area contributed by atoms with Gasteiger partial charge in [0.15, 0.2) is 0 Å². The number of carbonyl (C=O) groups is 2. The molecule has 144 valence electrons. The molecule has 2 aromatic rings. The zero-order chi connectivity index (χ0) is 19.4. The van der Waals surface area contributed by atoms with E-state index in [0.29, 0.717) is 25.3 Å². The van der Waals surface area contributed by atoms with Crippen molar-refractivity contribution in [1.29, 1.82) is 0 Å². The van der Waals surface area contributed by atoms with Crippen LogP contribution in [0.3, 0.4) is 0 Å². The van der Waals surface area contributed by atoms with Crippen LogP contribution in [0.2, 0.25) is 0 Å². The molecule has 3 rings (SSSR count). The maximum absolute atomic E-state index is 12.6. The number of likely N-dealkylation sites (tertiary alicyclic amines) is 1. The van der Waals surface area contributed by atoms with Crippen molar-refractivity contribution < 1.29 is 14.3 Å². The first-order valence-electron chi connectivity index (χ1n) is 9.43. The van der Waals surface area contributed by atoms with E-state index in [-0.39, 0.29) is 17.9 Å². The summed E-state index contributed by atoms with van der Waals surface area (Å²) in [5.74, 6) is 0.0337. The summed E-state index contributed by atoms with van der Waals surface area (Å²) in [5, 5.41) is 4.82. The predicted molar refractivity (Wildman–Crippen MR) is 105 cm³/mol. The SMILES string of the molecule is CC(C)(C)OC(=O)N1CCCC(CNC(=O)c2nccc3ccccc23)C1. The summed E-state index contributed by atoms with van der Waals surface area (Å²) in [7, 11) is 0. The van der Waals surface area contributed by atoms with Crippen molar-refractivity contribution in [3.8, 4) is 0 Å². The van der Waals surface area contributed by atoms with Gasteiger partial charge in [-0.1, -0.05) is 24.3 Å². The Bertz CT molecular complexity index is 824. The molecule has 2 heterocycles. The van der Waals surface area contributed by atoms with E-state index < -0.39 is 5.60 Å². The first-order valence-corrected chi connectivity index (χ1v) is 9.43. The van der Waals surface area contributed by atoms with E-state index in [9.17, 15) is 9.59 Å². The average Bonchev–Trinajstić information content (AvgIpc) is 2.64. The van der Waals surface area contributed by atoms with Crippen LogP contribution < -0.4 is 5.32 Å². The van der Waals surface area contributed by atoms with Crippen molar-refractivity contribution in [2.45, 2.75) is 39.2 Å². The minimum Gasteiger partial charge on any atom is -0.444 e. The summed E-state index contributed by atoms with van der Waals surface area (Å²) < 4.78 is 5.46. The Morgan fingerprint density at radius 3 is 2.81 bits per heavy atom. The zero-order valence-electron chi connectivity index (χ0n) is 16.2. The van der Waals surface area contributed by atoms with Gasteiger partial charge in [-0.3, -0.25) is 9.78 Å². The molecule has 1 aromatic carbocycles. The fourth-order valence-corrected chi connectivity index (χ4v) is 3.35. The Kier molecular flexibility index (Phi) is 5.63. The predicted octanol–water partition coefficient (Wildman–Crippen LogP) is 3.61. The van der Waals surface area contributed by atoms with Crippen LogP contribution in [-0.2, 0) is 4.74 Å². The quantitative estimate of drug-likeness (QED) is 0.897. The third-order valence-electron chi connectivity index (χ3n) is 4.61. The number of piperidine rings is 1. The van der Waals surface area contributed by atoms with E-state index in [2.05, 4.69) is 10.3 Å². The zero-order valence-corrected chi connectivity index (χ0v) is 16.2. The lowest BCUT2D eigenvalue weighted by atomic mass is 9.98. The van der Waals surface area contributed by atoms with Crippen LogP contribution in [0.1, 0.15) is 44.1 Å². The van der Waals surface area contributed by atoms with Crippen LogP contribution in [0.5, 0.6) is 0 Å². The fraction of sp³-hybridized carbons (Fsp3) is 0.476. The lowest BCUT2D eigenvalue weighted by Crippen LogP contribution is -2.45. The number of rotatable bonds is 3. The van der Waals surface area contributed by atoms with Crippen LogP contribution >= 0.6 is 0 Å². The molecule has 0 aliphatic carbocycles. The lowest BCUT2D eigenvalue weighted by molar-refractivity contribution is 0.0167. The van der Waals surface area contributed by atoms with E-state index in [1.165, 1.54) is 0 Å². The molecule has 27 heavy (non-hydrogen) atoms. The molecule has 6 heteroatoms. The van der Waals surface area contributed by atoms with Gasteiger partial charge >= 0.3 is 6.09 Å². The van der Waals surface area contributed by atoms with Crippen LogP contribution in [0.15, 0.2) is 36.5 Å². The Hall–Kier alpha value is -2.63. The van der Waals surface area contributed by atoms with Gasteiger partial charge < -0.3 is 15.0 Å². The Morgan fingerprint density at radius 2 is 2.04 bits per heavy atom. The number of hydrogen-bond acceptors (Lipinski definition) is 4. The first kappa shape index (κ1) is 19.1. The minimum atomic E-state index is -0.502. The molecule has 1 aliphatic rings. The van der Waals surface area contributed by atoms with Gasteiger partial charge in [-0.25, -0.2) is 4.79 Å². The van der Waals surface area contributed by atoms with E-state index in [4.69, 9.17) is 4.74 Å². The number of ether oxygens (including phenoxy) is 1. The van der Waals surface area contributed by atoms with Gasteiger partial charge in [0.25, 0.3) is 5.91 Å². The molecular formula is C21H27N3O3. The second kappa shape index (κ2) is 7.94. The number of fused-ring (bicyclic) bond motifs is 1.